The summed E-state index contributed by atoms with van der Waals surface area (Å²) in [5.41, 5.74) is 2.84. The summed E-state index contributed by atoms with van der Waals surface area (Å²) >= 11 is 6.13. The third-order valence-corrected chi connectivity index (χ3v) is 5.47. The first-order valence-corrected chi connectivity index (χ1v) is 10.5. The maximum Gasteiger partial charge on any atom is 0.322 e. The number of rotatable bonds is 8. The highest BCUT2D eigenvalue weighted by Crippen LogP contribution is 2.24. The van der Waals surface area contributed by atoms with Crippen molar-refractivity contribution in [3.8, 4) is 5.75 Å². The van der Waals surface area contributed by atoms with Gasteiger partial charge < -0.3 is 19.5 Å². The van der Waals surface area contributed by atoms with Gasteiger partial charge in [0.15, 0.2) is 0 Å². The number of nitrogens with zero attached hydrogens (tertiary/aromatic N) is 2. The van der Waals surface area contributed by atoms with Crippen LogP contribution < -0.4 is 10.1 Å². The van der Waals surface area contributed by atoms with Crippen LogP contribution in [0.1, 0.15) is 31.5 Å². The van der Waals surface area contributed by atoms with E-state index in [0.717, 1.165) is 22.7 Å². The second-order valence-corrected chi connectivity index (χ2v) is 7.71. The summed E-state index contributed by atoms with van der Waals surface area (Å²) in [5.74, 6) is 0.638. The number of ether oxygens (including phenoxy) is 1. The Balaban J connectivity index is 1.79. The van der Waals surface area contributed by atoms with Crippen LogP contribution in [-0.4, -0.2) is 28.6 Å². The van der Waals surface area contributed by atoms with E-state index in [9.17, 15) is 4.79 Å². The van der Waals surface area contributed by atoms with Crippen molar-refractivity contribution >= 4 is 23.3 Å². The third kappa shape index (κ3) is 5.36. The Morgan fingerprint density at radius 3 is 2.70 bits per heavy atom. The van der Waals surface area contributed by atoms with Gasteiger partial charge in [-0.05, 0) is 55.3 Å². The highest BCUT2D eigenvalue weighted by atomic mass is 35.5. The number of hydrogen-bond acceptors (Lipinski definition) is 2. The van der Waals surface area contributed by atoms with Crippen LogP contribution in [0.4, 0.5) is 10.5 Å². The molecule has 3 rings (SSSR count). The first kappa shape index (κ1) is 21.8. The van der Waals surface area contributed by atoms with Gasteiger partial charge in [0.25, 0.3) is 0 Å². The molecule has 1 aromatic heterocycles. The molecule has 0 aliphatic rings. The number of nitrogens with one attached hydrogen (secondary N) is 1. The Hall–Kier alpha value is -2.92. The van der Waals surface area contributed by atoms with E-state index in [4.69, 9.17) is 16.3 Å². The van der Waals surface area contributed by atoms with Crippen molar-refractivity contribution in [2.24, 2.45) is 0 Å². The van der Waals surface area contributed by atoms with Gasteiger partial charge in [-0.1, -0.05) is 42.8 Å². The number of benzene rings is 2. The summed E-state index contributed by atoms with van der Waals surface area (Å²) in [6.07, 6.45) is 2.89. The molecule has 2 amide bonds. The summed E-state index contributed by atoms with van der Waals surface area (Å²) in [5, 5.41) is 3.72. The summed E-state index contributed by atoms with van der Waals surface area (Å²) in [4.78, 5) is 15.0. The minimum absolute atomic E-state index is 0.0780. The monoisotopic (exact) mass is 425 g/mol. The number of halogens is 1. The van der Waals surface area contributed by atoms with Gasteiger partial charge in [-0.2, -0.15) is 0 Å². The Labute approximate surface area is 183 Å². The van der Waals surface area contributed by atoms with Crippen LogP contribution in [0.3, 0.4) is 0 Å². The molecular weight excluding hydrogens is 398 g/mol. The van der Waals surface area contributed by atoms with Crippen molar-refractivity contribution in [3.63, 3.8) is 0 Å². The van der Waals surface area contributed by atoms with Crippen LogP contribution in [0.25, 0.3) is 0 Å². The maximum atomic E-state index is 13.2. The molecule has 0 radical (unpaired) electrons. The average Bonchev–Trinajstić information content (AvgIpc) is 3.18. The Morgan fingerprint density at radius 2 is 1.97 bits per heavy atom. The lowest BCUT2D eigenvalue weighted by molar-refractivity contribution is 0.185. The molecule has 3 aromatic rings. The maximum absolute atomic E-state index is 13.2. The molecule has 0 aliphatic heterocycles. The largest absolute Gasteiger partial charge is 0.495 e. The van der Waals surface area contributed by atoms with Crippen molar-refractivity contribution in [2.75, 3.05) is 12.4 Å². The zero-order valence-corrected chi connectivity index (χ0v) is 18.4. The number of para-hydroxylation sites is 2. The predicted molar refractivity (Wildman–Crippen MR) is 122 cm³/mol. The van der Waals surface area contributed by atoms with Gasteiger partial charge in [0.1, 0.15) is 5.75 Å². The summed E-state index contributed by atoms with van der Waals surface area (Å²) in [6.45, 7) is 5.35. The van der Waals surface area contributed by atoms with Gasteiger partial charge in [-0.3, -0.25) is 0 Å². The molecule has 0 aliphatic carbocycles. The van der Waals surface area contributed by atoms with Gasteiger partial charge in [0.05, 0.1) is 19.3 Å². The Morgan fingerprint density at radius 1 is 1.17 bits per heavy atom. The molecule has 1 heterocycles. The van der Waals surface area contributed by atoms with Gasteiger partial charge in [0, 0.05) is 29.5 Å². The number of hydrogen-bond donors (Lipinski definition) is 1. The number of urea groups is 1. The molecule has 0 unspecified atom stereocenters. The zero-order valence-electron chi connectivity index (χ0n) is 17.6. The van der Waals surface area contributed by atoms with Gasteiger partial charge in [0.2, 0.25) is 0 Å². The van der Waals surface area contributed by atoms with Crippen molar-refractivity contribution < 1.29 is 9.53 Å². The molecule has 1 atom stereocenters. The minimum atomic E-state index is -0.149. The van der Waals surface area contributed by atoms with E-state index in [0.29, 0.717) is 24.5 Å². The highest BCUT2D eigenvalue weighted by Gasteiger charge is 2.21. The number of aromatic nitrogens is 1. The standard InChI is InChI=1S/C24H28ClN3O2/c1-4-18(2)28(24(29)26-22-12-5-6-13-23(22)30-3)17-21-11-8-14-27(21)16-19-9-7-10-20(25)15-19/h5-15,18H,4,16-17H2,1-3H3,(H,26,29)/t18-/m0/s1. The van der Waals surface area contributed by atoms with Gasteiger partial charge in [-0.25, -0.2) is 4.79 Å². The Kier molecular flexibility index (Phi) is 7.41. The van der Waals surface area contributed by atoms with Crippen LogP contribution in [0.15, 0.2) is 66.9 Å². The van der Waals surface area contributed by atoms with Crippen LogP contribution in [0, 0.1) is 0 Å². The third-order valence-electron chi connectivity index (χ3n) is 5.23. The van der Waals surface area contributed by atoms with Crippen LogP contribution in [0.2, 0.25) is 5.02 Å². The molecule has 158 valence electrons. The van der Waals surface area contributed by atoms with Gasteiger partial charge in [-0.15, -0.1) is 0 Å². The van der Waals surface area contributed by atoms with E-state index in [-0.39, 0.29) is 12.1 Å². The fraction of sp³-hybridized carbons (Fsp3) is 0.292. The van der Waals surface area contributed by atoms with Crippen molar-refractivity contribution in [2.45, 2.75) is 39.4 Å². The van der Waals surface area contributed by atoms with Crippen molar-refractivity contribution in [1.29, 1.82) is 0 Å². The molecule has 30 heavy (non-hydrogen) atoms. The quantitative estimate of drug-likeness (QED) is 0.478. The molecule has 0 saturated carbocycles. The second-order valence-electron chi connectivity index (χ2n) is 7.27. The SMILES string of the molecule is CC[C@H](C)N(Cc1cccn1Cc1cccc(Cl)c1)C(=O)Nc1ccccc1OC. The number of methoxy groups -OCH3 is 1. The van der Waals surface area contributed by atoms with Crippen molar-refractivity contribution in [1.82, 2.24) is 9.47 Å². The second kappa shape index (κ2) is 10.2. The number of carbonyl (C=O) groups is 1. The fourth-order valence-electron chi connectivity index (χ4n) is 3.34. The van der Waals surface area contributed by atoms with Crippen LogP contribution in [-0.2, 0) is 13.1 Å². The van der Waals surface area contributed by atoms with Crippen LogP contribution >= 0.6 is 11.6 Å². The summed E-state index contributed by atoms with van der Waals surface area (Å²) < 4.78 is 7.52. The first-order valence-electron chi connectivity index (χ1n) is 10.1. The van der Waals surface area contributed by atoms with Crippen LogP contribution in [0.5, 0.6) is 5.75 Å². The molecule has 2 aromatic carbocycles. The highest BCUT2D eigenvalue weighted by molar-refractivity contribution is 6.30. The van der Waals surface area contributed by atoms with E-state index in [1.165, 1.54) is 0 Å². The van der Waals surface area contributed by atoms with Gasteiger partial charge >= 0.3 is 6.03 Å². The summed E-state index contributed by atoms with van der Waals surface area (Å²) in [6, 6.07) is 19.3. The topological polar surface area (TPSA) is 46.5 Å². The molecule has 0 fully saturated rings. The normalized spacial score (nSPS) is 11.7. The predicted octanol–water partition coefficient (Wildman–Crippen LogP) is 6.03. The average molecular weight is 426 g/mol. The lowest BCUT2D eigenvalue weighted by Gasteiger charge is -2.29. The van der Waals surface area contributed by atoms with E-state index in [1.807, 2.05) is 59.6 Å². The molecule has 0 bridgehead atoms. The Bertz CT molecular complexity index is 986. The first-order chi connectivity index (χ1) is 14.5. The van der Waals surface area contributed by atoms with Crippen molar-refractivity contribution in [3.05, 3.63) is 83.1 Å². The lowest BCUT2D eigenvalue weighted by Crippen LogP contribution is -2.41. The molecule has 5 nitrogen and oxygen atoms in total. The number of anilines is 1. The summed E-state index contributed by atoms with van der Waals surface area (Å²) in [7, 11) is 1.60. The molecule has 6 heteroatoms. The smallest absolute Gasteiger partial charge is 0.322 e. The lowest BCUT2D eigenvalue weighted by atomic mass is 10.2. The minimum Gasteiger partial charge on any atom is -0.495 e. The van der Waals surface area contributed by atoms with E-state index < -0.39 is 0 Å². The molecule has 0 saturated heterocycles. The molecule has 1 N–H and O–H groups in total. The van der Waals surface area contributed by atoms with E-state index in [2.05, 4.69) is 35.9 Å². The number of carbonyl (C=O) groups excluding carboxylic acids is 1. The van der Waals surface area contributed by atoms with E-state index in [1.54, 1.807) is 7.11 Å². The van der Waals surface area contributed by atoms with E-state index >= 15 is 0 Å². The zero-order chi connectivity index (χ0) is 21.5. The number of amides is 2. The molecule has 0 spiro atoms. The fourth-order valence-corrected chi connectivity index (χ4v) is 3.55. The molecular formula is C24H28ClN3O2.